The van der Waals surface area contributed by atoms with E-state index in [-0.39, 0.29) is 16.8 Å². The Kier molecular flexibility index (Phi) is 7.56. The van der Waals surface area contributed by atoms with Crippen LogP contribution in [0.2, 0.25) is 0 Å². The molecule has 2 aromatic rings. The van der Waals surface area contributed by atoms with E-state index in [1.54, 1.807) is 26.0 Å². The maximum absolute atomic E-state index is 12.3. The van der Waals surface area contributed by atoms with Crippen molar-refractivity contribution in [2.45, 2.75) is 56.6 Å². The number of nitrogens with one attached hydrogen (secondary N) is 2. The molecule has 0 aliphatic rings. The minimum Gasteiger partial charge on any atom is -0.326 e. The highest BCUT2D eigenvalue weighted by molar-refractivity contribution is 7.98. The molecular formula is C19H26N4O3S2. The summed E-state index contributed by atoms with van der Waals surface area (Å²) in [5.74, 6) is -0.149. The van der Waals surface area contributed by atoms with Crippen LogP contribution in [0.1, 0.15) is 37.2 Å². The van der Waals surface area contributed by atoms with Crippen molar-refractivity contribution in [3.63, 3.8) is 0 Å². The molecule has 9 heteroatoms. The summed E-state index contributed by atoms with van der Waals surface area (Å²) in [6.07, 6.45) is 2.76. The molecule has 2 rings (SSSR count). The van der Waals surface area contributed by atoms with Gasteiger partial charge in [-0.1, -0.05) is 11.8 Å². The molecule has 7 nitrogen and oxygen atoms in total. The summed E-state index contributed by atoms with van der Waals surface area (Å²) in [6, 6.07) is 5.93. The molecule has 0 aliphatic heterocycles. The van der Waals surface area contributed by atoms with Gasteiger partial charge >= 0.3 is 0 Å². The predicted octanol–water partition coefficient (Wildman–Crippen LogP) is 3.07. The number of sulfonamides is 1. The van der Waals surface area contributed by atoms with Crippen molar-refractivity contribution in [3.8, 4) is 0 Å². The zero-order valence-corrected chi connectivity index (χ0v) is 18.4. The fourth-order valence-corrected chi connectivity index (χ4v) is 4.43. The molecule has 1 amide bonds. The number of rotatable bonds is 8. The summed E-state index contributed by atoms with van der Waals surface area (Å²) < 4.78 is 26.8. The van der Waals surface area contributed by atoms with Gasteiger partial charge in [-0.3, -0.25) is 4.79 Å². The lowest BCUT2D eigenvalue weighted by Gasteiger charge is -2.11. The Morgan fingerprint density at radius 2 is 1.68 bits per heavy atom. The minimum absolute atomic E-state index is 0.149. The monoisotopic (exact) mass is 422 g/mol. The van der Waals surface area contributed by atoms with Crippen LogP contribution in [-0.4, -0.2) is 36.6 Å². The van der Waals surface area contributed by atoms with Gasteiger partial charge in [0.15, 0.2) is 5.16 Å². The third-order valence-electron chi connectivity index (χ3n) is 4.02. The second-order valence-corrected chi connectivity index (χ2v) is 9.20. The van der Waals surface area contributed by atoms with E-state index in [0.29, 0.717) is 18.5 Å². The number of hydrogen-bond donors (Lipinski definition) is 2. The summed E-state index contributed by atoms with van der Waals surface area (Å²) in [5, 5.41) is 3.52. The lowest BCUT2D eigenvalue weighted by Crippen LogP contribution is -2.30. The van der Waals surface area contributed by atoms with Crippen molar-refractivity contribution in [1.29, 1.82) is 0 Å². The standard InChI is InChI=1S/C19H26N4O3S2/c1-12(2)23-28(25,26)16-8-6-15(7-9-16)22-18(24)11-10-17-13(3)20-19(27-5)21-14(17)4/h6-9,12,23H,10-11H2,1-5H3,(H,22,24). The van der Waals surface area contributed by atoms with Crippen LogP contribution in [0.3, 0.4) is 0 Å². The van der Waals surface area contributed by atoms with Crippen LogP contribution in [0.15, 0.2) is 34.3 Å². The summed E-state index contributed by atoms with van der Waals surface area (Å²) in [5.41, 5.74) is 3.30. The van der Waals surface area contributed by atoms with Gasteiger partial charge in [-0.15, -0.1) is 0 Å². The molecular weight excluding hydrogens is 396 g/mol. The van der Waals surface area contributed by atoms with E-state index in [1.807, 2.05) is 20.1 Å². The molecule has 1 aromatic carbocycles. The second-order valence-electron chi connectivity index (χ2n) is 6.71. The molecule has 28 heavy (non-hydrogen) atoms. The minimum atomic E-state index is -3.54. The van der Waals surface area contributed by atoms with Crippen molar-refractivity contribution in [3.05, 3.63) is 41.2 Å². The summed E-state index contributed by atoms with van der Waals surface area (Å²) in [6.45, 7) is 7.36. The number of anilines is 1. The quantitative estimate of drug-likeness (QED) is 0.501. The van der Waals surface area contributed by atoms with Crippen LogP contribution in [0, 0.1) is 13.8 Å². The van der Waals surface area contributed by atoms with E-state index in [0.717, 1.165) is 22.1 Å². The molecule has 0 spiro atoms. The number of hydrogen-bond acceptors (Lipinski definition) is 6. The molecule has 0 saturated carbocycles. The van der Waals surface area contributed by atoms with Gasteiger partial charge in [0.1, 0.15) is 0 Å². The molecule has 0 saturated heterocycles. The Balaban J connectivity index is 1.99. The van der Waals surface area contributed by atoms with Gasteiger partial charge in [-0.25, -0.2) is 23.1 Å². The van der Waals surface area contributed by atoms with Crippen molar-refractivity contribution in [2.75, 3.05) is 11.6 Å². The van der Waals surface area contributed by atoms with Crippen LogP contribution < -0.4 is 10.0 Å². The van der Waals surface area contributed by atoms with Crippen LogP contribution in [0.4, 0.5) is 5.69 Å². The molecule has 1 heterocycles. The van der Waals surface area contributed by atoms with E-state index < -0.39 is 10.0 Å². The Morgan fingerprint density at radius 3 is 2.18 bits per heavy atom. The van der Waals surface area contributed by atoms with Gasteiger partial charge in [0.05, 0.1) is 4.90 Å². The topological polar surface area (TPSA) is 101 Å². The average Bonchev–Trinajstić information content (AvgIpc) is 2.60. The van der Waals surface area contributed by atoms with Gasteiger partial charge in [-0.2, -0.15) is 0 Å². The van der Waals surface area contributed by atoms with Crippen LogP contribution in [0.25, 0.3) is 0 Å². The van der Waals surface area contributed by atoms with E-state index in [1.165, 1.54) is 23.9 Å². The van der Waals surface area contributed by atoms with Crippen molar-refractivity contribution in [1.82, 2.24) is 14.7 Å². The Hall–Kier alpha value is -1.97. The first-order valence-electron chi connectivity index (χ1n) is 8.92. The van der Waals surface area contributed by atoms with E-state index in [9.17, 15) is 13.2 Å². The molecule has 0 bridgehead atoms. The zero-order chi connectivity index (χ0) is 20.9. The molecule has 0 radical (unpaired) electrons. The number of amides is 1. The van der Waals surface area contributed by atoms with Gasteiger partial charge < -0.3 is 5.32 Å². The Morgan fingerprint density at radius 1 is 1.11 bits per heavy atom. The molecule has 2 N–H and O–H groups in total. The molecule has 0 aliphatic carbocycles. The van der Waals surface area contributed by atoms with Gasteiger partial charge in [-0.05, 0) is 70.2 Å². The molecule has 1 aromatic heterocycles. The van der Waals surface area contributed by atoms with Crippen LogP contribution in [0.5, 0.6) is 0 Å². The molecule has 152 valence electrons. The predicted molar refractivity (Wildman–Crippen MR) is 112 cm³/mol. The highest BCUT2D eigenvalue weighted by atomic mass is 32.2. The first-order chi connectivity index (χ1) is 13.1. The number of benzene rings is 1. The van der Waals surface area contributed by atoms with E-state index in [2.05, 4.69) is 20.0 Å². The summed E-state index contributed by atoms with van der Waals surface area (Å²) >= 11 is 1.49. The SMILES string of the molecule is CSc1nc(C)c(CCC(=O)Nc2ccc(S(=O)(=O)NC(C)C)cc2)c(C)n1. The number of carbonyl (C=O) groups excluding carboxylic acids is 1. The van der Waals surface area contributed by atoms with Crippen molar-refractivity contribution < 1.29 is 13.2 Å². The first kappa shape index (κ1) is 22.3. The van der Waals surface area contributed by atoms with E-state index in [4.69, 9.17) is 0 Å². The number of aromatic nitrogens is 2. The van der Waals surface area contributed by atoms with Gasteiger partial charge in [0.25, 0.3) is 0 Å². The highest BCUT2D eigenvalue weighted by Gasteiger charge is 2.15. The Labute approximate surface area is 170 Å². The summed E-state index contributed by atoms with van der Waals surface area (Å²) in [7, 11) is -3.54. The molecule has 0 atom stereocenters. The average molecular weight is 423 g/mol. The largest absolute Gasteiger partial charge is 0.326 e. The van der Waals surface area contributed by atoms with Gasteiger partial charge in [0.2, 0.25) is 15.9 Å². The van der Waals surface area contributed by atoms with Crippen LogP contribution >= 0.6 is 11.8 Å². The third kappa shape index (κ3) is 6.02. The number of thioether (sulfide) groups is 1. The summed E-state index contributed by atoms with van der Waals surface area (Å²) in [4.78, 5) is 21.3. The third-order valence-corrected chi connectivity index (χ3v) is 6.25. The second kappa shape index (κ2) is 9.49. The number of aryl methyl sites for hydroxylation is 2. The van der Waals surface area contributed by atoms with Crippen molar-refractivity contribution >= 4 is 33.4 Å². The van der Waals surface area contributed by atoms with Crippen LogP contribution in [-0.2, 0) is 21.2 Å². The smallest absolute Gasteiger partial charge is 0.240 e. The van der Waals surface area contributed by atoms with Gasteiger partial charge in [0, 0.05) is 29.5 Å². The maximum Gasteiger partial charge on any atom is 0.240 e. The van der Waals surface area contributed by atoms with Crippen molar-refractivity contribution in [2.24, 2.45) is 0 Å². The molecule has 0 fully saturated rings. The number of nitrogens with zero attached hydrogens (tertiary/aromatic N) is 2. The zero-order valence-electron chi connectivity index (χ0n) is 16.7. The fraction of sp³-hybridized carbons (Fsp3) is 0.421. The number of carbonyl (C=O) groups is 1. The first-order valence-corrected chi connectivity index (χ1v) is 11.6. The lowest BCUT2D eigenvalue weighted by molar-refractivity contribution is -0.116. The lowest BCUT2D eigenvalue weighted by atomic mass is 10.1. The highest BCUT2D eigenvalue weighted by Crippen LogP contribution is 2.18. The Bertz CT molecular complexity index is 919. The maximum atomic E-state index is 12.3. The molecule has 0 unspecified atom stereocenters. The fourth-order valence-electron chi connectivity index (χ4n) is 2.72. The normalized spacial score (nSPS) is 11.6. The van der Waals surface area contributed by atoms with E-state index >= 15 is 0 Å².